The molecule has 7 heteroatoms. The van der Waals surface area contributed by atoms with Gasteiger partial charge in [0.1, 0.15) is 16.8 Å². The molecule has 0 fully saturated rings. The second kappa shape index (κ2) is 7.02. The van der Waals surface area contributed by atoms with Crippen LogP contribution in [0, 0.1) is 17.1 Å². The summed E-state index contributed by atoms with van der Waals surface area (Å²) >= 11 is 1.46. The molecular weight excluding hydrogens is 365 g/mol. The fourth-order valence-corrected chi connectivity index (χ4v) is 3.63. The number of benzene rings is 2. The molecule has 0 saturated carbocycles. The fourth-order valence-electron chi connectivity index (χ4n) is 2.59. The quantitative estimate of drug-likeness (QED) is 0.491. The Morgan fingerprint density at radius 2 is 1.85 bits per heavy atom. The van der Waals surface area contributed by atoms with Crippen LogP contribution in [-0.4, -0.2) is 17.1 Å². The summed E-state index contributed by atoms with van der Waals surface area (Å²) in [6, 6.07) is 15.2. The van der Waals surface area contributed by atoms with E-state index in [1.807, 2.05) is 6.07 Å². The molecule has 27 heavy (non-hydrogen) atoms. The average Bonchev–Trinajstić information content (AvgIpc) is 3.14. The van der Waals surface area contributed by atoms with Crippen LogP contribution in [0.25, 0.3) is 20.7 Å². The highest BCUT2D eigenvalue weighted by Gasteiger charge is 2.14. The Morgan fingerprint density at radius 1 is 1.04 bits per heavy atom. The molecule has 0 atom stereocenters. The molecule has 0 aliphatic rings. The van der Waals surface area contributed by atoms with Crippen LogP contribution in [0.15, 0.2) is 54.9 Å². The number of thiophene rings is 1. The van der Waals surface area contributed by atoms with Crippen molar-refractivity contribution < 1.29 is 13.9 Å². The first-order chi connectivity index (χ1) is 13.2. The molecule has 0 unspecified atom stereocenters. The van der Waals surface area contributed by atoms with E-state index in [-0.39, 0.29) is 5.82 Å². The second-order valence-corrected chi connectivity index (χ2v) is 6.64. The van der Waals surface area contributed by atoms with Crippen molar-refractivity contribution in [3.8, 4) is 33.9 Å². The Kier molecular flexibility index (Phi) is 4.40. The topological polar surface area (TPSA) is 68.0 Å². The van der Waals surface area contributed by atoms with Crippen molar-refractivity contribution in [2.24, 2.45) is 0 Å². The Morgan fingerprint density at radius 3 is 2.59 bits per heavy atom. The predicted molar refractivity (Wildman–Crippen MR) is 101 cm³/mol. The lowest BCUT2D eigenvalue weighted by Crippen LogP contribution is -1.93. The van der Waals surface area contributed by atoms with E-state index in [9.17, 15) is 4.39 Å². The van der Waals surface area contributed by atoms with Gasteiger partial charge in [0, 0.05) is 10.9 Å². The molecule has 4 rings (SSSR count). The van der Waals surface area contributed by atoms with Gasteiger partial charge < -0.3 is 9.47 Å². The van der Waals surface area contributed by atoms with E-state index in [1.54, 1.807) is 30.3 Å². The van der Waals surface area contributed by atoms with E-state index in [0.717, 1.165) is 20.7 Å². The van der Waals surface area contributed by atoms with E-state index < -0.39 is 0 Å². The molecule has 2 aromatic carbocycles. The van der Waals surface area contributed by atoms with Crippen LogP contribution in [0.1, 0.15) is 5.56 Å². The molecule has 0 saturated heterocycles. The molecule has 0 aliphatic heterocycles. The van der Waals surface area contributed by atoms with Gasteiger partial charge in [-0.25, -0.2) is 14.4 Å². The fraction of sp³-hybridized carbons (Fsp3) is 0.0500. The van der Waals surface area contributed by atoms with E-state index in [0.29, 0.717) is 22.9 Å². The molecule has 0 radical (unpaired) electrons. The summed E-state index contributed by atoms with van der Waals surface area (Å²) in [7, 11) is 1.51. The standard InChI is InChI=1S/C20H12FN3O2S/c1-25-17-8-12(10-22)2-7-16(17)26-20-19-15(23-11-24-20)9-18(27-19)13-3-5-14(21)6-4-13/h2-9,11H,1H3. The van der Waals surface area contributed by atoms with Gasteiger partial charge in [-0.3, -0.25) is 0 Å². The highest BCUT2D eigenvalue weighted by atomic mass is 32.1. The Bertz CT molecular complexity index is 1170. The zero-order valence-corrected chi connectivity index (χ0v) is 15.0. The SMILES string of the molecule is COc1cc(C#N)ccc1Oc1ncnc2cc(-c3ccc(F)cc3)sc12. The smallest absolute Gasteiger partial charge is 0.240 e. The first kappa shape index (κ1) is 16.9. The number of halogens is 1. The third-order valence-electron chi connectivity index (χ3n) is 3.91. The third-order valence-corrected chi connectivity index (χ3v) is 5.07. The zero-order valence-electron chi connectivity index (χ0n) is 14.1. The summed E-state index contributed by atoms with van der Waals surface area (Å²) in [5, 5.41) is 9.02. The lowest BCUT2D eigenvalue weighted by Gasteiger charge is -2.09. The summed E-state index contributed by atoms with van der Waals surface area (Å²) in [6.45, 7) is 0. The maximum absolute atomic E-state index is 13.2. The Hall–Kier alpha value is -3.50. The van der Waals surface area contributed by atoms with E-state index >= 15 is 0 Å². The second-order valence-electron chi connectivity index (χ2n) is 5.59. The summed E-state index contributed by atoms with van der Waals surface area (Å²) in [4.78, 5) is 9.46. The van der Waals surface area contributed by atoms with Gasteiger partial charge in [-0.2, -0.15) is 5.26 Å². The van der Waals surface area contributed by atoms with E-state index in [4.69, 9.17) is 14.7 Å². The lowest BCUT2D eigenvalue weighted by atomic mass is 10.2. The molecule has 0 aliphatic carbocycles. The third kappa shape index (κ3) is 3.30. The number of nitriles is 1. The van der Waals surface area contributed by atoms with Crippen molar-refractivity contribution in [2.75, 3.05) is 7.11 Å². The minimum absolute atomic E-state index is 0.281. The number of rotatable bonds is 4. The monoisotopic (exact) mass is 377 g/mol. The van der Waals surface area contributed by atoms with Gasteiger partial charge in [0.2, 0.25) is 5.88 Å². The van der Waals surface area contributed by atoms with Crippen molar-refractivity contribution in [3.05, 3.63) is 66.2 Å². The van der Waals surface area contributed by atoms with E-state index in [2.05, 4.69) is 16.0 Å². The van der Waals surface area contributed by atoms with Crippen molar-refractivity contribution in [2.45, 2.75) is 0 Å². The summed E-state index contributed by atoms with van der Waals surface area (Å²) in [5.74, 6) is 1.00. The average molecular weight is 377 g/mol. The molecule has 0 bridgehead atoms. The summed E-state index contributed by atoms with van der Waals surface area (Å²) in [6.07, 6.45) is 1.43. The van der Waals surface area contributed by atoms with Gasteiger partial charge in [0.25, 0.3) is 0 Å². The minimum Gasteiger partial charge on any atom is -0.493 e. The highest BCUT2D eigenvalue weighted by molar-refractivity contribution is 7.22. The summed E-state index contributed by atoms with van der Waals surface area (Å²) in [5.41, 5.74) is 2.10. The molecule has 0 amide bonds. The number of nitrogens with zero attached hydrogens (tertiary/aromatic N) is 3. The van der Waals surface area contributed by atoms with Crippen molar-refractivity contribution in [1.29, 1.82) is 5.26 Å². The molecular formula is C20H12FN3O2S. The van der Waals surface area contributed by atoms with Crippen molar-refractivity contribution >= 4 is 21.6 Å². The van der Waals surface area contributed by atoms with Crippen LogP contribution in [0.2, 0.25) is 0 Å². The lowest BCUT2D eigenvalue weighted by molar-refractivity contribution is 0.375. The Balaban J connectivity index is 1.75. The molecule has 132 valence electrons. The molecule has 2 aromatic heterocycles. The van der Waals surface area contributed by atoms with Crippen LogP contribution in [0.5, 0.6) is 17.4 Å². The van der Waals surface area contributed by atoms with Crippen molar-refractivity contribution in [3.63, 3.8) is 0 Å². The van der Waals surface area contributed by atoms with Crippen LogP contribution in [0.4, 0.5) is 4.39 Å². The number of hydrogen-bond donors (Lipinski definition) is 0. The van der Waals surface area contributed by atoms with Crippen LogP contribution < -0.4 is 9.47 Å². The number of hydrogen-bond acceptors (Lipinski definition) is 6. The van der Waals surface area contributed by atoms with Gasteiger partial charge in [0.15, 0.2) is 11.5 Å². The van der Waals surface area contributed by atoms with Crippen molar-refractivity contribution in [1.82, 2.24) is 9.97 Å². The molecule has 0 N–H and O–H groups in total. The van der Waals surface area contributed by atoms with Gasteiger partial charge in [-0.1, -0.05) is 12.1 Å². The predicted octanol–water partition coefficient (Wildman–Crippen LogP) is 5.17. The van der Waals surface area contributed by atoms with Gasteiger partial charge in [-0.05, 0) is 35.9 Å². The largest absolute Gasteiger partial charge is 0.493 e. The maximum Gasteiger partial charge on any atom is 0.240 e. The zero-order chi connectivity index (χ0) is 18.8. The number of aromatic nitrogens is 2. The first-order valence-electron chi connectivity index (χ1n) is 7.94. The minimum atomic E-state index is -0.281. The normalized spacial score (nSPS) is 10.6. The number of ether oxygens (including phenoxy) is 2. The maximum atomic E-state index is 13.2. The molecule has 2 heterocycles. The first-order valence-corrected chi connectivity index (χ1v) is 8.76. The Labute approximate surface area is 158 Å². The van der Waals surface area contributed by atoms with Gasteiger partial charge >= 0.3 is 0 Å². The number of fused-ring (bicyclic) bond motifs is 1. The van der Waals surface area contributed by atoms with Crippen LogP contribution in [-0.2, 0) is 0 Å². The number of methoxy groups -OCH3 is 1. The van der Waals surface area contributed by atoms with Gasteiger partial charge in [0.05, 0.1) is 24.3 Å². The molecule has 5 nitrogen and oxygen atoms in total. The van der Waals surface area contributed by atoms with Gasteiger partial charge in [-0.15, -0.1) is 11.3 Å². The molecule has 0 spiro atoms. The van der Waals surface area contributed by atoms with Crippen LogP contribution in [0.3, 0.4) is 0 Å². The highest BCUT2D eigenvalue weighted by Crippen LogP contribution is 2.39. The van der Waals surface area contributed by atoms with E-state index in [1.165, 1.54) is 36.9 Å². The summed E-state index contributed by atoms with van der Waals surface area (Å²) < 4.78 is 25.2. The molecule has 4 aromatic rings. The van der Waals surface area contributed by atoms with Crippen LogP contribution >= 0.6 is 11.3 Å².